The Hall–Kier alpha value is -2.16. The molecule has 1 aromatic carbocycles. The number of rotatable bonds is 10. The number of thioether (sulfide) groups is 1. The van der Waals surface area contributed by atoms with Gasteiger partial charge in [0, 0.05) is 18.0 Å². The van der Waals surface area contributed by atoms with Crippen LogP contribution in [0.2, 0.25) is 0 Å². The van der Waals surface area contributed by atoms with Crippen LogP contribution in [-0.4, -0.2) is 40.5 Å². The van der Waals surface area contributed by atoms with Gasteiger partial charge in [-0.2, -0.15) is 0 Å². The van der Waals surface area contributed by atoms with Gasteiger partial charge in [-0.15, -0.1) is 11.3 Å². The van der Waals surface area contributed by atoms with Crippen LogP contribution in [0.1, 0.15) is 36.3 Å². The van der Waals surface area contributed by atoms with Crippen molar-refractivity contribution in [3.8, 4) is 0 Å². The average molecular weight is 474 g/mol. The number of fused-ring (bicyclic) bond motifs is 1. The van der Waals surface area contributed by atoms with Crippen molar-refractivity contribution in [1.82, 2.24) is 14.9 Å². The molecule has 2 atom stereocenters. The highest BCUT2D eigenvalue weighted by molar-refractivity contribution is 8.00. The number of benzene rings is 1. The first-order chi connectivity index (χ1) is 15.3. The number of methoxy groups -OCH3 is 1. The molecule has 2 heterocycles. The summed E-state index contributed by atoms with van der Waals surface area (Å²) in [6.45, 7) is 8.63. The van der Waals surface area contributed by atoms with E-state index in [2.05, 4.69) is 17.4 Å². The van der Waals surface area contributed by atoms with Gasteiger partial charge in [0.2, 0.25) is 5.91 Å². The molecule has 1 amide bonds. The zero-order valence-electron chi connectivity index (χ0n) is 19.3. The second-order valence-electron chi connectivity index (χ2n) is 8.00. The summed E-state index contributed by atoms with van der Waals surface area (Å²) < 4.78 is 6.84. The summed E-state index contributed by atoms with van der Waals surface area (Å²) in [6.07, 6.45) is 1.78. The summed E-state index contributed by atoms with van der Waals surface area (Å²) in [4.78, 5) is 32.6. The molecule has 0 saturated heterocycles. The van der Waals surface area contributed by atoms with Crippen molar-refractivity contribution in [2.24, 2.45) is 0 Å². The van der Waals surface area contributed by atoms with Gasteiger partial charge < -0.3 is 10.1 Å². The van der Waals surface area contributed by atoms with Crippen molar-refractivity contribution in [3.05, 3.63) is 56.7 Å². The normalized spacial score (nSPS) is 13.3. The predicted molar refractivity (Wildman–Crippen MR) is 133 cm³/mol. The Morgan fingerprint density at radius 1 is 1.25 bits per heavy atom. The molecule has 0 spiro atoms. The van der Waals surface area contributed by atoms with Gasteiger partial charge in [-0.05, 0) is 51.7 Å². The zero-order valence-corrected chi connectivity index (χ0v) is 20.9. The van der Waals surface area contributed by atoms with Crippen molar-refractivity contribution in [2.75, 3.05) is 13.7 Å². The van der Waals surface area contributed by atoms with Gasteiger partial charge in [0.15, 0.2) is 5.16 Å². The molecular formula is C24H31N3O3S2. The number of thiophene rings is 1. The highest BCUT2D eigenvalue weighted by atomic mass is 32.2. The number of nitrogens with zero attached hydrogens (tertiary/aromatic N) is 2. The van der Waals surface area contributed by atoms with Crippen LogP contribution >= 0.6 is 23.1 Å². The summed E-state index contributed by atoms with van der Waals surface area (Å²) in [5, 5.41) is 3.94. The molecule has 6 nitrogen and oxygen atoms in total. The minimum atomic E-state index is -0.380. The van der Waals surface area contributed by atoms with Crippen LogP contribution in [0, 0.1) is 13.8 Å². The van der Waals surface area contributed by atoms with Crippen LogP contribution in [0.3, 0.4) is 0 Å². The first-order valence-corrected chi connectivity index (χ1v) is 12.5. The zero-order chi connectivity index (χ0) is 23.3. The number of carbonyl (C=O) groups excluding carboxylic acids is 1. The second-order valence-corrected chi connectivity index (χ2v) is 10.5. The predicted octanol–water partition coefficient (Wildman–Crippen LogP) is 4.34. The largest absolute Gasteiger partial charge is 0.383 e. The van der Waals surface area contributed by atoms with Gasteiger partial charge in [-0.25, -0.2) is 4.98 Å². The summed E-state index contributed by atoms with van der Waals surface area (Å²) in [5.74, 6) is -0.0539. The van der Waals surface area contributed by atoms with Crippen molar-refractivity contribution < 1.29 is 9.53 Å². The molecule has 2 unspecified atom stereocenters. The van der Waals surface area contributed by atoms with Gasteiger partial charge in [0.25, 0.3) is 5.56 Å². The number of hydrogen-bond donors (Lipinski definition) is 1. The van der Waals surface area contributed by atoms with Crippen molar-refractivity contribution in [2.45, 2.75) is 63.5 Å². The lowest BCUT2D eigenvalue weighted by atomic mass is 10.1. The molecule has 0 aliphatic rings. The number of nitrogens with one attached hydrogen (secondary N) is 1. The van der Waals surface area contributed by atoms with Crippen molar-refractivity contribution in [1.29, 1.82) is 0 Å². The van der Waals surface area contributed by atoms with Gasteiger partial charge in [-0.3, -0.25) is 14.2 Å². The Bertz CT molecular complexity index is 1120. The maximum Gasteiger partial charge on any atom is 0.263 e. The lowest BCUT2D eigenvalue weighted by molar-refractivity contribution is -0.120. The lowest BCUT2D eigenvalue weighted by Gasteiger charge is -2.18. The van der Waals surface area contributed by atoms with E-state index in [9.17, 15) is 9.59 Å². The fraction of sp³-hybridized carbons (Fsp3) is 0.458. The molecule has 0 aliphatic carbocycles. The van der Waals surface area contributed by atoms with E-state index in [4.69, 9.17) is 9.72 Å². The maximum atomic E-state index is 13.2. The molecule has 8 heteroatoms. The third-order valence-corrected chi connectivity index (χ3v) is 7.71. The van der Waals surface area contributed by atoms with E-state index in [1.165, 1.54) is 28.7 Å². The van der Waals surface area contributed by atoms with Crippen molar-refractivity contribution in [3.63, 3.8) is 0 Å². The standard InChI is InChI=1S/C24H31N3O3S2/c1-15(11-12-19-9-7-6-8-10-19)25-21(28)18(4)32-24-26-22-20(16(2)17(3)31-22)23(29)27(24)13-14-30-5/h6-10,15,18H,11-14H2,1-5H3,(H,25,28). The molecular weight excluding hydrogens is 442 g/mol. The molecule has 0 aliphatic heterocycles. The van der Waals surface area contributed by atoms with Crippen LogP contribution in [0.5, 0.6) is 0 Å². The highest BCUT2D eigenvalue weighted by Crippen LogP contribution is 2.29. The maximum absolute atomic E-state index is 13.2. The average Bonchev–Trinajstić information content (AvgIpc) is 3.06. The summed E-state index contributed by atoms with van der Waals surface area (Å²) in [7, 11) is 1.61. The molecule has 0 fully saturated rings. The number of ether oxygens (including phenoxy) is 1. The first-order valence-electron chi connectivity index (χ1n) is 10.8. The smallest absolute Gasteiger partial charge is 0.263 e. The van der Waals surface area contributed by atoms with Crippen LogP contribution in [-0.2, 0) is 22.5 Å². The first kappa shape index (κ1) is 24.5. The number of aryl methyl sites for hydroxylation is 3. The van der Waals surface area contributed by atoms with Gasteiger partial charge in [0.1, 0.15) is 4.83 Å². The van der Waals surface area contributed by atoms with E-state index in [0.717, 1.165) is 28.1 Å². The molecule has 0 bridgehead atoms. The SMILES string of the molecule is COCCn1c(SC(C)C(=O)NC(C)CCc2ccccc2)nc2sc(C)c(C)c2c1=O. The number of carbonyl (C=O) groups is 1. The summed E-state index contributed by atoms with van der Waals surface area (Å²) in [6, 6.07) is 10.3. The minimum Gasteiger partial charge on any atom is -0.383 e. The fourth-order valence-electron chi connectivity index (χ4n) is 3.45. The van der Waals surface area contributed by atoms with Crippen molar-refractivity contribution >= 4 is 39.2 Å². The third kappa shape index (κ3) is 5.79. The van der Waals surface area contributed by atoms with Gasteiger partial charge >= 0.3 is 0 Å². The minimum absolute atomic E-state index is 0.0539. The molecule has 32 heavy (non-hydrogen) atoms. The van der Waals surface area contributed by atoms with Crippen LogP contribution < -0.4 is 10.9 Å². The van der Waals surface area contributed by atoms with Crippen LogP contribution in [0.15, 0.2) is 40.3 Å². The van der Waals surface area contributed by atoms with Crippen LogP contribution in [0.25, 0.3) is 10.2 Å². The molecule has 1 N–H and O–H groups in total. The van der Waals surface area contributed by atoms with Crippen LogP contribution in [0.4, 0.5) is 0 Å². The lowest BCUT2D eigenvalue weighted by Crippen LogP contribution is -2.38. The molecule has 0 saturated carbocycles. The molecule has 3 rings (SSSR count). The number of aromatic nitrogens is 2. The van der Waals surface area contributed by atoms with E-state index in [-0.39, 0.29) is 22.8 Å². The molecule has 3 aromatic rings. The molecule has 172 valence electrons. The Kier molecular flexibility index (Phi) is 8.51. The second kappa shape index (κ2) is 11.1. The van der Waals surface area contributed by atoms with E-state index < -0.39 is 0 Å². The van der Waals surface area contributed by atoms with E-state index >= 15 is 0 Å². The topological polar surface area (TPSA) is 73.2 Å². The molecule has 0 radical (unpaired) electrons. The Labute approximate surface area is 197 Å². The molecule has 2 aromatic heterocycles. The Morgan fingerprint density at radius 3 is 2.66 bits per heavy atom. The summed E-state index contributed by atoms with van der Waals surface area (Å²) >= 11 is 2.84. The van der Waals surface area contributed by atoms with E-state index in [0.29, 0.717) is 23.7 Å². The fourth-order valence-corrected chi connectivity index (χ4v) is 5.46. The van der Waals surface area contributed by atoms with E-state index in [1.54, 1.807) is 11.7 Å². The Morgan fingerprint density at radius 2 is 1.97 bits per heavy atom. The third-order valence-electron chi connectivity index (χ3n) is 5.52. The van der Waals surface area contributed by atoms with Gasteiger partial charge in [0.05, 0.1) is 23.8 Å². The Balaban J connectivity index is 1.72. The quantitative estimate of drug-likeness (QED) is 0.350. The van der Waals surface area contributed by atoms with E-state index in [1.807, 2.05) is 45.9 Å². The number of amides is 1. The number of hydrogen-bond acceptors (Lipinski definition) is 6. The van der Waals surface area contributed by atoms with Gasteiger partial charge in [-0.1, -0.05) is 42.1 Å². The highest BCUT2D eigenvalue weighted by Gasteiger charge is 2.22. The monoisotopic (exact) mass is 473 g/mol. The summed E-state index contributed by atoms with van der Waals surface area (Å²) in [5.41, 5.74) is 2.17.